The predicted octanol–water partition coefficient (Wildman–Crippen LogP) is -1.12. The Morgan fingerprint density at radius 3 is 2.72 bits per heavy atom. The Hall–Kier alpha value is -2.03. The van der Waals surface area contributed by atoms with Gasteiger partial charge in [-0.3, -0.25) is 4.57 Å². The highest BCUT2D eigenvalue weighted by Gasteiger charge is 2.63. The van der Waals surface area contributed by atoms with E-state index in [1.807, 2.05) is 6.07 Å². The van der Waals surface area contributed by atoms with E-state index in [2.05, 4.69) is 4.98 Å². The molecule has 2 aliphatic heterocycles. The van der Waals surface area contributed by atoms with Crippen LogP contribution in [0.3, 0.4) is 0 Å². The van der Waals surface area contributed by atoms with Gasteiger partial charge in [-0.05, 0) is 19.9 Å². The number of aliphatic hydroxyl groups excluding tert-OH is 1. The molecule has 2 saturated heterocycles. The molecule has 3 heterocycles. The van der Waals surface area contributed by atoms with Gasteiger partial charge in [-0.25, -0.2) is 4.79 Å². The molecular formula is C15H20N4O6. The van der Waals surface area contributed by atoms with Gasteiger partial charge in [0.2, 0.25) is 5.79 Å². The summed E-state index contributed by atoms with van der Waals surface area (Å²) in [4.78, 5) is 15.8. The summed E-state index contributed by atoms with van der Waals surface area (Å²) >= 11 is 0. The molecule has 0 spiro atoms. The van der Waals surface area contributed by atoms with Crippen LogP contribution in [0.1, 0.15) is 26.5 Å². The zero-order chi connectivity index (χ0) is 18.4. The number of rotatable bonds is 4. The molecule has 10 nitrogen and oxygen atoms in total. The average molecular weight is 352 g/mol. The summed E-state index contributed by atoms with van der Waals surface area (Å²) in [7, 11) is 0. The van der Waals surface area contributed by atoms with E-state index < -0.39 is 41.6 Å². The van der Waals surface area contributed by atoms with Crippen molar-refractivity contribution in [3.8, 4) is 6.07 Å². The smallest absolute Gasteiger partial charge is 0.351 e. The minimum absolute atomic E-state index is 0.0633. The molecule has 136 valence electrons. The number of nitriles is 1. The van der Waals surface area contributed by atoms with Gasteiger partial charge in [-0.2, -0.15) is 10.2 Å². The van der Waals surface area contributed by atoms with Crippen molar-refractivity contribution in [3.63, 3.8) is 0 Å². The van der Waals surface area contributed by atoms with Crippen molar-refractivity contribution in [1.29, 1.82) is 5.26 Å². The van der Waals surface area contributed by atoms with E-state index in [-0.39, 0.29) is 18.8 Å². The van der Waals surface area contributed by atoms with Crippen LogP contribution in [0.2, 0.25) is 0 Å². The third-order valence-electron chi connectivity index (χ3n) is 4.49. The number of aromatic nitrogens is 2. The molecule has 2 aliphatic rings. The minimum Gasteiger partial charge on any atom is -0.394 e. The lowest BCUT2D eigenvalue weighted by Crippen LogP contribution is -2.52. The van der Waals surface area contributed by atoms with Gasteiger partial charge in [0.1, 0.15) is 29.7 Å². The molecular weight excluding hydrogens is 332 g/mol. The molecule has 10 heteroatoms. The first-order chi connectivity index (χ1) is 11.7. The van der Waals surface area contributed by atoms with Crippen molar-refractivity contribution in [2.75, 3.05) is 12.3 Å². The molecule has 3 rings (SSSR count). The normalized spacial score (nSPS) is 34.7. The van der Waals surface area contributed by atoms with Gasteiger partial charge in [0.25, 0.3) is 0 Å². The third kappa shape index (κ3) is 2.80. The molecule has 1 aromatic rings. The summed E-state index contributed by atoms with van der Waals surface area (Å²) in [5, 5.41) is 29.2. The highest BCUT2D eigenvalue weighted by atomic mass is 16.8. The highest BCUT2D eigenvalue weighted by Crippen LogP contribution is 2.48. The van der Waals surface area contributed by atoms with Crippen LogP contribution in [0.15, 0.2) is 17.1 Å². The van der Waals surface area contributed by atoms with Gasteiger partial charge < -0.3 is 30.2 Å². The first-order valence-electron chi connectivity index (χ1n) is 7.78. The molecule has 5 atom stereocenters. The SMILES string of the molecule is CC(C)(O)C1(CC#N)O[C@@H]2[C@H](O1)[C@@H](CO)O[C@H]2n1ccc(N)nc1=O. The molecule has 2 fully saturated rings. The number of hydrogen-bond acceptors (Lipinski definition) is 9. The number of nitrogen functional groups attached to an aromatic ring is 1. The number of nitrogens with two attached hydrogens (primary N) is 1. The lowest BCUT2D eigenvalue weighted by atomic mass is 9.95. The molecule has 0 aromatic carbocycles. The molecule has 0 amide bonds. The summed E-state index contributed by atoms with van der Waals surface area (Å²) in [6, 6.07) is 3.37. The van der Waals surface area contributed by atoms with E-state index >= 15 is 0 Å². The quantitative estimate of drug-likeness (QED) is 0.611. The molecule has 25 heavy (non-hydrogen) atoms. The van der Waals surface area contributed by atoms with E-state index in [1.54, 1.807) is 0 Å². The fourth-order valence-electron chi connectivity index (χ4n) is 3.13. The van der Waals surface area contributed by atoms with E-state index in [0.717, 1.165) is 0 Å². The van der Waals surface area contributed by atoms with Crippen molar-refractivity contribution in [1.82, 2.24) is 9.55 Å². The number of nitrogens with zero attached hydrogens (tertiary/aromatic N) is 3. The fourth-order valence-corrected chi connectivity index (χ4v) is 3.13. The van der Waals surface area contributed by atoms with Gasteiger partial charge in [0.15, 0.2) is 6.23 Å². The molecule has 4 N–H and O–H groups in total. The Morgan fingerprint density at radius 2 is 2.16 bits per heavy atom. The number of anilines is 1. The zero-order valence-corrected chi connectivity index (χ0v) is 13.8. The molecule has 1 unspecified atom stereocenters. The largest absolute Gasteiger partial charge is 0.394 e. The molecule has 0 radical (unpaired) electrons. The summed E-state index contributed by atoms with van der Waals surface area (Å²) in [6.45, 7) is 2.55. The second-order valence-corrected chi connectivity index (χ2v) is 6.60. The Labute approximate surface area is 143 Å². The van der Waals surface area contributed by atoms with Crippen LogP contribution in [0.4, 0.5) is 5.82 Å². The highest BCUT2D eigenvalue weighted by molar-refractivity contribution is 5.23. The van der Waals surface area contributed by atoms with Crippen molar-refractivity contribution in [2.45, 2.75) is 56.2 Å². The first-order valence-corrected chi connectivity index (χ1v) is 7.78. The number of aliphatic hydroxyl groups is 2. The maximum atomic E-state index is 12.1. The number of hydrogen-bond donors (Lipinski definition) is 3. The fraction of sp³-hybridized carbons (Fsp3) is 0.667. The Balaban J connectivity index is 2.00. The Morgan fingerprint density at radius 1 is 1.48 bits per heavy atom. The molecule has 0 saturated carbocycles. The second kappa shape index (κ2) is 6.05. The van der Waals surface area contributed by atoms with Crippen molar-refractivity contribution in [2.24, 2.45) is 0 Å². The lowest BCUT2D eigenvalue weighted by molar-refractivity contribution is -0.288. The lowest BCUT2D eigenvalue weighted by Gasteiger charge is -2.38. The third-order valence-corrected chi connectivity index (χ3v) is 4.49. The molecule has 0 aliphatic carbocycles. The van der Waals surface area contributed by atoms with Crippen LogP contribution in [0, 0.1) is 11.3 Å². The topological polar surface area (TPSA) is 153 Å². The predicted molar refractivity (Wildman–Crippen MR) is 82.9 cm³/mol. The van der Waals surface area contributed by atoms with Crippen LogP contribution in [-0.2, 0) is 14.2 Å². The number of fused-ring (bicyclic) bond motifs is 1. The summed E-state index contributed by atoms with van der Waals surface area (Å²) < 4.78 is 18.6. The van der Waals surface area contributed by atoms with Gasteiger partial charge in [-0.15, -0.1) is 0 Å². The van der Waals surface area contributed by atoms with E-state index in [1.165, 1.54) is 30.7 Å². The first kappa shape index (κ1) is 17.8. The number of ether oxygens (including phenoxy) is 3. The van der Waals surface area contributed by atoms with E-state index in [4.69, 9.17) is 25.2 Å². The average Bonchev–Trinajstić information content (AvgIpc) is 3.04. The minimum atomic E-state index is -1.60. The molecule has 0 bridgehead atoms. The van der Waals surface area contributed by atoms with E-state index in [0.29, 0.717) is 0 Å². The maximum Gasteiger partial charge on any atom is 0.351 e. The second-order valence-electron chi connectivity index (χ2n) is 6.60. The van der Waals surface area contributed by atoms with Crippen LogP contribution in [0.5, 0.6) is 0 Å². The van der Waals surface area contributed by atoms with Crippen molar-refractivity contribution < 1.29 is 24.4 Å². The van der Waals surface area contributed by atoms with Crippen molar-refractivity contribution in [3.05, 3.63) is 22.7 Å². The van der Waals surface area contributed by atoms with Gasteiger partial charge in [0, 0.05) is 6.20 Å². The van der Waals surface area contributed by atoms with E-state index in [9.17, 15) is 15.0 Å². The van der Waals surface area contributed by atoms with Crippen LogP contribution >= 0.6 is 0 Å². The van der Waals surface area contributed by atoms with Crippen LogP contribution in [-0.4, -0.2) is 56.1 Å². The summed E-state index contributed by atoms with van der Waals surface area (Å²) in [5.41, 5.74) is 3.35. The van der Waals surface area contributed by atoms with Crippen LogP contribution < -0.4 is 11.4 Å². The monoisotopic (exact) mass is 352 g/mol. The Kier molecular flexibility index (Phi) is 4.30. The Bertz CT molecular complexity index is 754. The summed E-state index contributed by atoms with van der Waals surface area (Å²) in [6.07, 6.45) is -2.14. The standard InChI is InChI=1S/C15H20N4O6/c1-14(2,22)15(4-5-16)24-10-8(7-20)23-12(11(10)25-15)19-6-3-9(17)18-13(19)21/h3,6,8,10-12,20,22H,4,7H2,1-2H3,(H2,17,18,21)/t8-,10-,11-,12-,15?/m1/s1. The van der Waals surface area contributed by atoms with Gasteiger partial charge in [-0.1, -0.05) is 0 Å². The van der Waals surface area contributed by atoms with Crippen LogP contribution in [0.25, 0.3) is 0 Å². The van der Waals surface area contributed by atoms with Gasteiger partial charge >= 0.3 is 5.69 Å². The zero-order valence-electron chi connectivity index (χ0n) is 13.8. The van der Waals surface area contributed by atoms with Gasteiger partial charge in [0.05, 0.1) is 19.1 Å². The molecule has 1 aromatic heterocycles. The van der Waals surface area contributed by atoms with Crippen molar-refractivity contribution >= 4 is 5.82 Å². The summed E-state index contributed by atoms with van der Waals surface area (Å²) in [5.74, 6) is -1.54. The maximum absolute atomic E-state index is 12.1.